The molecule has 0 fully saturated rings. The van der Waals surface area contributed by atoms with Gasteiger partial charge in [-0.15, -0.1) is 0 Å². The van der Waals surface area contributed by atoms with E-state index in [-0.39, 0.29) is 0 Å². The van der Waals surface area contributed by atoms with Crippen LogP contribution in [0.25, 0.3) is 22.4 Å². The summed E-state index contributed by atoms with van der Waals surface area (Å²) in [6.45, 7) is 0. The van der Waals surface area contributed by atoms with Crippen molar-refractivity contribution in [1.82, 2.24) is 9.97 Å². The number of aromatic nitrogens is 2. The summed E-state index contributed by atoms with van der Waals surface area (Å²) in [5.74, 6) is 1.74. The van der Waals surface area contributed by atoms with Crippen molar-refractivity contribution >= 4 is 28.4 Å². The summed E-state index contributed by atoms with van der Waals surface area (Å²) >= 11 is 0. The van der Waals surface area contributed by atoms with E-state index in [4.69, 9.17) is 9.47 Å². The number of imidazole rings is 1. The summed E-state index contributed by atoms with van der Waals surface area (Å²) in [5.41, 5.74) is 3.88. The number of nitrogens with one attached hydrogen (secondary N) is 3. The van der Waals surface area contributed by atoms with E-state index in [1.165, 1.54) is 7.11 Å². The quantitative estimate of drug-likeness (QED) is 0.454. The third-order valence-corrected chi connectivity index (χ3v) is 4.43. The average Bonchev–Trinajstić information content (AvgIpc) is 3.18. The molecule has 4 rings (SSSR count). The van der Waals surface area contributed by atoms with Crippen molar-refractivity contribution in [2.75, 3.05) is 24.9 Å². The third kappa shape index (κ3) is 3.84. The Labute approximate surface area is 167 Å². The fourth-order valence-electron chi connectivity index (χ4n) is 3.10. The number of rotatable bonds is 5. The minimum Gasteiger partial charge on any atom is -0.493 e. The van der Waals surface area contributed by atoms with E-state index < -0.39 is 6.03 Å². The van der Waals surface area contributed by atoms with Crippen LogP contribution in [0, 0.1) is 0 Å². The minimum atomic E-state index is -0.390. The van der Waals surface area contributed by atoms with Crippen LogP contribution in [-0.4, -0.2) is 30.2 Å². The van der Waals surface area contributed by atoms with Crippen molar-refractivity contribution in [3.05, 3.63) is 66.7 Å². The number of methoxy groups -OCH3 is 2. The Morgan fingerprint density at radius 1 is 0.931 bits per heavy atom. The number of hydrogen-bond donors (Lipinski definition) is 3. The van der Waals surface area contributed by atoms with Crippen LogP contribution in [0.4, 0.5) is 16.2 Å². The zero-order chi connectivity index (χ0) is 20.2. The summed E-state index contributed by atoms with van der Waals surface area (Å²) in [7, 11) is 3.07. The first-order chi connectivity index (χ1) is 14.2. The molecule has 1 heterocycles. The molecule has 2 amide bonds. The Balaban J connectivity index is 1.53. The van der Waals surface area contributed by atoms with Gasteiger partial charge < -0.3 is 25.1 Å². The molecule has 1 aromatic heterocycles. The highest BCUT2D eigenvalue weighted by atomic mass is 16.5. The molecule has 0 bridgehead atoms. The molecule has 0 spiro atoms. The van der Waals surface area contributed by atoms with E-state index >= 15 is 0 Å². The molecule has 0 aliphatic heterocycles. The van der Waals surface area contributed by atoms with E-state index in [1.807, 2.05) is 48.5 Å². The Kier molecular flexibility index (Phi) is 5.03. The largest absolute Gasteiger partial charge is 0.493 e. The number of ether oxygens (including phenoxy) is 2. The summed E-state index contributed by atoms with van der Waals surface area (Å²) in [5, 5.41) is 5.62. The highest BCUT2D eigenvalue weighted by Gasteiger charge is 2.13. The molecule has 4 aromatic rings. The van der Waals surface area contributed by atoms with Gasteiger partial charge in [-0.25, -0.2) is 9.78 Å². The summed E-state index contributed by atoms with van der Waals surface area (Å²) in [6.07, 6.45) is 0. The molecule has 3 N–H and O–H groups in total. The number of carbonyl (C=O) groups excluding carboxylic acids is 1. The first kappa shape index (κ1) is 18.4. The van der Waals surface area contributed by atoms with Crippen molar-refractivity contribution in [3.8, 4) is 22.9 Å². The normalized spacial score (nSPS) is 10.6. The van der Waals surface area contributed by atoms with Gasteiger partial charge in [0.15, 0.2) is 11.5 Å². The van der Waals surface area contributed by atoms with Crippen molar-refractivity contribution in [1.29, 1.82) is 0 Å². The van der Waals surface area contributed by atoms with E-state index in [0.717, 1.165) is 22.4 Å². The first-order valence-corrected chi connectivity index (χ1v) is 9.02. The SMILES string of the molecule is COc1cccc(NC(=O)Nc2cccc(-c3nc4ccccc4[nH]3)c2)c1OC. The lowest BCUT2D eigenvalue weighted by atomic mass is 10.2. The summed E-state index contributed by atoms with van der Waals surface area (Å²) in [4.78, 5) is 20.4. The second-order valence-corrected chi connectivity index (χ2v) is 6.30. The third-order valence-electron chi connectivity index (χ3n) is 4.43. The molecule has 0 atom stereocenters. The molecule has 3 aromatic carbocycles. The number of amides is 2. The highest BCUT2D eigenvalue weighted by Crippen LogP contribution is 2.34. The lowest BCUT2D eigenvalue weighted by Gasteiger charge is -2.14. The topological polar surface area (TPSA) is 88.3 Å². The van der Waals surface area contributed by atoms with Crippen molar-refractivity contribution in [2.24, 2.45) is 0 Å². The number of para-hydroxylation sites is 3. The average molecular weight is 388 g/mol. The second kappa shape index (κ2) is 7.93. The van der Waals surface area contributed by atoms with Gasteiger partial charge in [0.2, 0.25) is 0 Å². The zero-order valence-corrected chi connectivity index (χ0v) is 16.0. The van der Waals surface area contributed by atoms with Gasteiger partial charge in [0.25, 0.3) is 0 Å². The predicted octanol–water partition coefficient (Wildman–Crippen LogP) is 4.89. The van der Waals surface area contributed by atoms with Gasteiger partial charge >= 0.3 is 6.03 Å². The van der Waals surface area contributed by atoms with Crippen LogP contribution >= 0.6 is 0 Å². The number of urea groups is 1. The Bertz CT molecular complexity index is 1140. The number of nitrogens with zero attached hydrogens (tertiary/aromatic N) is 1. The number of carbonyl (C=O) groups is 1. The standard InChI is InChI=1S/C22H20N4O3/c1-28-19-12-6-11-18(20(19)29-2)26-22(27)23-15-8-5-7-14(13-15)21-24-16-9-3-4-10-17(16)25-21/h3-13H,1-2H3,(H,24,25)(H2,23,26,27). The van der Waals surface area contributed by atoms with Gasteiger partial charge in [-0.1, -0.05) is 30.3 Å². The second-order valence-electron chi connectivity index (χ2n) is 6.30. The van der Waals surface area contributed by atoms with Gasteiger partial charge in [0.05, 0.1) is 30.9 Å². The predicted molar refractivity (Wildman–Crippen MR) is 114 cm³/mol. The molecule has 0 radical (unpaired) electrons. The zero-order valence-electron chi connectivity index (χ0n) is 16.0. The fraction of sp³-hybridized carbons (Fsp3) is 0.0909. The smallest absolute Gasteiger partial charge is 0.323 e. The molecule has 146 valence electrons. The minimum absolute atomic E-state index is 0.390. The maximum atomic E-state index is 12.5. The van der Waals surface area contributed by atoms with Gasteiger partial charge in [-0.05, 0) is 36.4 Å². The fourth-order valence-corrected chi connectivity index (χ4v) is 3.10. The highest BCUT2D eigenvalue weighted by molar-refractivity contribution is 6.01. The van der Waals surface area contributed by atoms with Crippen LogP contribution < -0.4 is 20.1 Å². The van der Waals surface area contributed by atoms with Crippen LogP contribution in [0.1, 0.15) is 0 Å². The van der Waals surface area contributed by atoms with E-state index in [9.17, 15) is 4.79 Å². The van der Waals surface area contributed by atoms with Crippen molar-refractivity contribution in [3.63, 3.8) is 0 Å². The van der Waals surface area contributed by atoms with Crippen LogP contribution in [0.2, 0.25) is 0 Å². The lowest BCUT2D eigenvalue weighted by molar-refractivity contribution is 0.262. The first-order valence-electron chi connectivity index (χ1n) is 9.02. The molecule has 29 heavy (non-hydrogen) atoms. The Morgan fingerprint density at radius 3 is 2.55 bits per heavy atom. The van der Waals surface area contributed by atoms with Crippen LogP contribution in [0.3, 0.4) is 0 Å². The van der Waals surface area contributed by atoms with Gasteiger partial charge in [-0.2, -0.15) is 0 Å². The molecule has 7 nitrogen and oxygen atoms in total. The molecule has 0 saturated carbocycles. The molecule has 0 unspecified atom stereocenters. The summed E-state index contributed by atoms with van der Waals surface area (Å²) in [6, 6.07) is 20.2. The van der Waals surface area contributed by atoms with Gasteiger partial charge in [0, 0.05) is 11.3 Å². The van der Waals surface area contributed by atoms with Crippen molar-refractivity contribution < 1.29 is 14.3 Å². The molecule has 0 saturated heterocycles. The molecular formula is C22H20N4O3. The lowest BCUT2D eigenvalue weighted by Crippen LogP contribution is -2.19. The van der Waals surface area contributed by atoms with E-state index in [1.54, 1.807) is 25.3 Å². The van der Waals surface area contributed by atoms with Gasteiger partial charge in [0.1, 0.15) is 5.82 Å². The van der Waals surface area contributed by atoms with E-state index in [2.05, 4.69) is 20.6 Å². The maximum Gasteiger partial charge on any atom is 0.323 e. The Hall–Kier alpha value is -4.00. The van der Waals surface area contributed by atoms with Crippen molar-refractivity contribution in [2.45, 2.75) is 0 Å². The number of hydrogen-bond acceptors (Lipinski definition) is 4. The maximum absolute atomic E-state index is 12.5. The Morgan fingerprint density at radius 2 is 1.76 bits per heavy atom. The monoisotopic (exact) mass is 388 g/mol. The van der Waals surface area contributed by atoms with E-state index in [0.29, 0.717) is 22.9 Å². The molecule has 0 aliphatic carbocycles. The van der Waals surface area contributed by atoms with Crippen LogP contribution in [-0.2, 0) is 0 Å². The van der Waals surface area contributed by atoms with Gasteiger partial charge in [-0.3, -0.25) is 0 Å². The van der Waals surface area contributed by atoms with Crippen LogP contribution in [0.15, 0.2) is 66.7 Å². The molecular weight excluding hydrogens is 368 g/mol. The number of fused-ring (bicyclic) bond motifs is 1. The number of H-pyrrole nitrogens is 1. The number of anilines is 2. The number of benzene rings is 3. The molecule has 0 aliphatic rings. The summed E-state index contributed by atoms with van der Waals surface area (Å²) < 4.78 is 10.6. The number of aromatic amines is 1. The van der Waals surface area contributed by atoms with Crippen LogP contribution in [0.5, 0.6) is 11.5 Å². The molecule has 7 heteroatoms.